The lowest BCUT2D eigenvalue weighted by molar-refractivity contribution is 0.0460. The molecule has 1 aliphatic heterocycles. The van der Waals surface area contributed by atoms with Crippen LogP contribution in [0.3, 0.4) is 0 Å². The van der Waals surface area contributed by atoms with Gasteiger partial charge in [0.2, 0.25) is 0 Å². The molecule has 0 bridgehead atoms. The predicted molar refractivity (Wildman–Crippen MR) is 89.2 cm³/mol. The molecule has 3 aromatic rings. The Morgan fingerprint density at radius 2 is 2.00 bits per heavy atom. The summed E-state index contributed by atoms with van der Waals surface area (Å²) in [5.41, 5.74) is 3.10. The van der Waals surface area contributed by atoms with Crippen LogP contribution in [0.15, 0.2) is 53.5 Å². The number of rotatable bonds is 4. The van der Waals surface area contributed by atoms with Gasteiger partial charge in [-0.15, -0.1) is 5.10 Å². The third-order valence-corrected chi connectivity index (χ3v) is 4.83. The van der Waals surface area contributed by atoms with E-state index in [2.05, 4.69) is 27.1 Å². The van der Waals surface area contributed by atoms with E-state index in [1.165, 1.54) is 5.56 Å². The largest absolute Gasteiger partial charge is 0.338 e. The van der Waals surface area contributed by atoms with E-state index in [4.69, 9.17) is 0 Å². The Labute approximate surface area is 138 Å². The Balaban J connectivity index is 1.37. The van der Waals surface area contributed by atoms with E-state index >= 15 is 0 Å². The average molecular weight is 324 g/mol. The number of hydrogen-bond acceptors (Lipinski definition) is 4. The monoisotopic (exact) mass is 324 g/mol. The minimum Gasteiger partial charge on any atom is -0.338 e. The zero-order valence-electron chi connectivity index (χ0n) is 12.5. The van der Waals surface area contributed by atoms with Gasteiger partial charge in [0.15, 0.2) is 0 Å². The van der Waals surface area contributed by atoms with Crippen LogP contribution in [0.25, 0.3) is 11.1 Å². The first kappa shape index (κ1) is 14.1. The van der Waals surface area contributed by atoms with Gasteiger partial charge in [-0.1, -0.05) is 17.3 Å². The number of nitrogens with zero attached hydrogens (tertiary/aromatic N) is 4. The molecule has 5 nitrogen and oxygen atoms in total. The van der Waals surface area contributed by atoms with Crippen molar-refractivity contribution in [3.05, 3.63) is 59.0 Å². The Bertz CT molecular complexity index is 775. The van der Waals surface area contributed by atoms with E-state index in [0.29, 0.717) is 5.92 Å². The molecule has 1 fully saturated rings. The fourth-order valence-electron chi connectivity index (χ4n) is 2.86. The maximum absolute atomic E-state index is 12.5. The fourth-order valence-corrected chi connectivity index (χ4v) is 3.53. The Kier molecular flexibility index (Phi) is 3.67. The summed E-state index contributed by atoms with van der Waals surface area (Å²) >= 11 is 1.68. The van der Waals surface area contributed by atoms with E-state index < -0.39 is 0 Å². The SMILES string of the molecule is O=C(c1ccc(-c2ccsc2)cc1)N1CC(Cn2ccnn2)C1. The first-order chi connectivity index (χ1) is 11.3. The normalized spacial score (nSPS) is 14.7. The van der Waals surface area contributed by atoms with Crippen LogP contribution in [0.4, 0.5) is 0 Å². The van der Waals surface area contributed by atoms with Crippen LogP contribution in [0.1, 0.15) is 10.4 Å². The molecular formula is C17H16N4OS. The van der Waals surface area contributed by atoms with Crippen LogP contribution in [-0.4, -0.2) is 38.9 Å². The van der Waals surface area contributed by atoms with Gasteiger partial charge < -0.3 is 4.90 Å². The van der Waals surface area contributed by atoms with E-state index in [9.17, 15) is 4.79 Å². The zero-order valence-corrected chi connectivity index (χ0v) is 13.3. The van der Waals surface area contributed by atoms with Gasteiger partial charge in [-0.3, -0.25) is 9.48 Å². The van der Waals surface area contributed by atoms with Crippen molar-refractivity contribution >= 4 is 17.2 Å². The molecule has 3 heterocycles. The quantitative estimate of drug-likeness (QED) is 0.741. The molecule has 0 unspecified atom stereocenters. The standard InChI is InChI=1S/C17H16N4OS/c22-17(20-9-13(10-20)11-21-7-6-18-19-21)15-3-1-14(2-4-15)16-5-8-23-12-16/h1-8,12-13H,9-11H2. The summed E-state index contributed by atoms with van der Waals surface area (Å²) in [6.45, 7) is 2.39. The molecule has 2 aromatic heterocycles. The lowest BCUT2D eigenvalue weighted by Gasteiger charge is -2.39. The van der Waals surface area contributed by atoms with E-state index in [1.807, 2.05) is 40.0 Å². The van der Waals surface area contributed by atoms with E-state index in [0.717, 1.165) is 30.8 Å². The first-order valence-electron chi connectivity index (χ1n) is 7.55. The van der Waals surface area contributed by atoms with Gasteiger partial charge >= 0.3 is 0 Å². The Hall–Kier alpha value is -2.47. The highest BCUT2D eigenvalue weighted by Crippen LogP contribution is 2.24. The van der Waals surface area contributed by atoms with Crippen molar-refractivity contribution in [2.45, 2.75) is 6.54 Å². The molecule has 1 aromatic carbocycles. The maximum atomic E-state index is 12.5. The van der Waals surface area contributed by atoms with Crippen molar-refractivity contribution in [1.29, 1.82) is 0 Å². The lowest BCUT2D eigenvalue weighted by Crippen LogP contribution is -2.51. The van der Waals surface area contributed by atoms with Crippen molar-refractivity contribution in [3.63, 3.8) is 0 Å². The van der Waals surface area contributed by atoms with Gasteiger partial charge in [0.05, 0.1) is 6.20 Å². The van der Waals surface area contributed by atoms with Crippen LogP contribution in [-0.2, 0) is 6.54 Å². The summed E-state index contributed by atoms with van der Waals surface area (Å²) < 4.78 is 1.82. The van der Waals surface area contributed by atoms with Crippen LogP contribution in [0.5, 0.6) is 0 Å². The summed E-state index contributed by atoms with van der Waals surface area (Å²) in [5, 5.41) is 11.9. The molecule has 0 radical (unpaired) electrons. The first-order valence-corrected chi connectivity index (χ1v) is 8.50. The Morgan fingerprint density at radius 1 is 1.17 bits per heavy atom. The van der Waals surface area contributed by atoms with E-state index in [-0.39, 0.29) is 5.91 Å². The maximum Gasteiger partial charge on any atom is 0.253 e. The van der Waals surface area contributed by atoms with Crippen molar-refractivity contribution in [2.75, 3.05) is 13.1 Å². The van der Waals surface area contributed by atoms with Crippen molar-refractivity contribution in [1.82, 2.24) is 19.9 Å². The summed E-state index contributed by atoms with van der Waals surface area (Å²) in [6.07, 6.45) is 3.53. The molecule has 6 heteroatoms. The number of likely N-dealkylation sites (tertiary alicyclic amines) is 1. The summed E-state index contributed by atoms with van der Waals surface area (Å²) in [4.78, 5) is 14.4. The third-order valence-electron chi connectivity index (χ3n) is 4.15. The minimum absolute atomic E-state index is 0.108. The molecule has 116 valence electrons. The second-order valence-electron chi connectivity index (χ2n) is 5.79. The van der Waals surface area contributed by atoms with Gasteiger partial charge in [0.25, 0.3) is 5.91 Å². The number of amides is 1. The smallest absolute Gasteiger partial charge is 0.253 e. The summed E-state index contributed by atoms with van der Waals surface area (Å²) in [6, 6.07) is 9.95. The average Bonchev–Trinajstić information content (AvgIpc) is 3.23. The molecule has 1 saturated heterocycles. The van der Waals surface area contributed by atoms with Crippen molar-refractivity contribution in [3.8, 4) is 11.1 Å². The molecular weight excluding hydrogens is 308 g/mol. The molecule has 4 rings (SSSR count). The summed E-state index contributed by atoms with van der Waals surface area (Å²) in [7, 11) is 0. The minimum atomic E-state index is 0.108. The van der Waals surface area contributed by atoms with Crippen molar-refractivity contribution in [2.24, 2.45) is 5.92 Å². The van der Waals surface area contributed by atoms with Gasteiger partial charge in [-0.2, -0.15) is 11.3 Å². The molecule has 1 amide bonds. The van der Waals surface area contributed by atoms with E-state index in [1.54, 1.807) is 17.5 Å². The number of hydrogen-bond donors (Lipinski definition) is 0. The fraction of sp³-hybridized carbons (Fsp3) is 0.235. The molecule has 23 heavy (non-hydrogen) atoms. The number of carbonyl (C=O) groups excluding carboxylic acids is 1. The number of thiophene rings is 1. The van der Waals surface area contributed by atoms with Gasteiger partial charge in [0.1, 0.15) is 0 Å². The van der Waals surface area contributed by atoms with Crippen molar-refractivity contribution < 1.29 is 4.79 Å². The number of carbonyl (C=O) groups is 1. The second kappa shape index (κ2) is 5.96. The highest BCUT2D eigenvalue weighted by atomic mass is 32.1. The molecule has 0 spiro atoms. The Morgan fingerprint density at radius 3 is 2.65 bits per heavy atom. The molecule has 0 saturated carbocycles. The molecule has 0 aliphatic carbocycles. The van der Waals surface area contributed by atoms with Gasteiger partial charge in [-0.25, -0.2) is 0 Å². The zero-order chi connectivity index (χ0) is 15.6. The van der Waals surface area contributed by atoms with Gasteiger partial charge in [0, 0.05) is 37.3 Å². The highest BCUT2D eigenvalue weighted by Gasteiger charge is 2.31. The molecule has 1 aliphatic rings. The number of aromatic nitrogens is 3. The van der Waals surface area contributed by atoms with Crippen LogP contribution in [0, 0.1) is 5.92 Å². The topological polar surface area (TPSA) is 51.0 Å². The number of benzene rings is 1. The lowest BCUT2D eigenvalue weighted by atomic mass is 9.98. The second-order valence-corrected chi connectivity index (χ2v) is 6.57. The highest BCUT2D eigenvalue weighted by molar-refractivity contribution is 7.08. The van der Waals surface area contributed by atoms with Gasteiger partial charge in [-0.05, 0) is 40.1 Å². The molecule has 0 N–H and O–H groups in total. The third kappa shape index (κ3) is 2.90. The summed E-state index contributed by atoms with van der Waals surface area (Å²) in [5.74, 6) is 0.572. The predicted octanol–water partition coefficient (Wildman–Crippen LogP) is 2.78. The van der Waals surface area contributed by atoms with Crippen LogP contribution < -0.4 is 0 Å². The molecule has 0 atom stereocenters. The van der Waals surface area contributed by atoms with Crippen LogP contribution in [0.2, 0.25) is 0 Å². The van der Waals surface area contributed by atoms with Crippen LogP contribution >= 0.6 is 11.3 Å².